The summed E-state index contributed by atoms with van der Waals surface area (Å²) in [5, 5.41) is 23.6. The van der Waals surface area contributed by atoms with Gasteiger partial charge in [-0.3, -0.25) is 0 Å². The molecule has 33 heavy (non-hydrogen) atoms. The Kier molecular flexibility index (Phi) is 6.00. The Morgan fingerprint density at radius 3 is 2.73 bits per heavy atom. The van der Waals surface area contributed by atoms with Crippen LogP contribution in [0.15, 0.2) is 52.2 Å². The third kappa shape index (κ3) is 4.70. The van der Waals surface area contributed by atoms with E-state index in [2.05, 4.69) is 25.1 Å². The first-order chi connectivity index (χ1) is 16.0. The van der Waals surface area contributed by atoms with Gasteiger partial charge >= 0.3 is 0 Å². The molecule has 1 unspecified atom stereocenters. The highest BCUT2D eigenvalue weighted by Crippen LogP contribution is 2.32. The van der Waals surface area contributed by atoms with Gasteiger partial charge in [0.2, 0.25) is 11.7 Å². The highest BCUT2D eigenvalue weighted by Gasteiger charge is 2.37. The predicted molar refractivity (Wildman–Crippen MR) is 116 cm³/mol. The van der Waals surface area contributed by atoms with E-state index >= 15 is 0 Å². The van der Waals surface area contributed by atoms with Gasteiger partial charge in [-0.2, -0.15) is 21.4 Å². The maximum Gasteiger partial charge on any atom is 0.230 e. The van der Waals surface area contributed by atoms with Crippen LogP contribution in [0.25, 0.3) is 11.4 Å². The van der Waals surface area contributed by atoms with Gasteiger partial charge in [0.1, 0.15) is 29.9 Å². The number of aliphatic hydroxyl groups is 1. The first-order valence-corrected chi connectivity index (χ1v) is 11.5. The third-order valence-electron chi connectivity index (χ3n) is 5.97. The van der Waals surface area contributed by atoms with Gasteiger partial charge in [0.15, 0.2) is 0 Å². The van der Waals surface area contributed by atoms with Gasteiger partial charge in [0.25, 0.3) is 0 Å². The molecule has 11 heteroatoms. The Balaban J connectivity index is 1.29. The fourth-order valence-electron chi connectivity index (χ4n) is 4.29. The number of rotatable bonds is 7. The molecule has 8 nitrogen and oxygen atoms in total. The molecule has 0 spiro atoms. The van der Waals surface area contributed by atoms with E-state index in [1.165, 1.54) is 23.4 Å². The molecule has 4 heterocycles. The lowest BCUT2D eigenvalue weighted by Gasteiger charge is -2.37. The first kappa shape index (κ1) is 21.8. The molecular weight excluding hydrogens is 450 g/mol. The molecule has 1 aliphatic rings. The van der Waals surface area contributed by atoms with E-state index in [-0.39, 0.29) is 24.6 Å². The average Bonchev–Trinajstić information content (AvgIpc) is 3.56. The number of piperidine rings is 1. The van der Waals surface area contributed by atoms with Gasteiger partial charge < -0.3 is 14.5 Å². The highest BCUT2D eigenvalue weighted by atomic mass is 32.1. The van der Waals surface area contributed by atoms with Crippen molar-refractivity contribution < 1.29 is 18.4 Å². The molecule has 4 aromatic rings. The van der Waals surface area contributed by atoms with Crippen molar-refractivity contribution in [3.63, 3.8) is 0 Å². The number of aromatic nitrogens is 5. The van der Waals surface area contributed by atoms with E-state index in [0.29, 0.717) is 24.8 Å². The summed E-state index contributed by atoms with van der Waals surface area (Å²) < 4.78 is 35.1. The van der Waals surface area contributed by atoms with E-state index < -0.39 is 17.2 Å². The average molecular weight is 473 g/mol. The van der Waals surface area contributed by atoms with Gasteiger partial charge in [-0.05, 0) is 43.4 Å². The van der Waals surface area contributed by atoms with Crippen LogP contribution in [0.5, 0.6) is 0 Å². The van der Waals surface area contributed by atoms with Crippen molar-refractivity contribution in [2.45, 2.75) is 30.9 Å². The fraction of sp³-hybridized carbons (Fsp3) is 0.364. The molecule has 0 amide bonds. The van der Waals surface area contributed by atoms with Crippen LogP contribution < -0.4 is 0 Å². The Morgan fingerprint density at radius 1 is 1.18 bits per heavy atom. The van der Waals surface area contributed by atoms with Crippen LogP contribution >= 0.6 is 11.3 Å². The largest absolute Gasteiger partial charge is 0.382 e. The molecule has 0 saturated carbocycles. The van der Waals surface area contributed by atoms with Crippen LogP contribution in [-0.4, -0.2) is 54.5 Å². The molecule has 1 fully saturated rings. The Bertz CT molecular complexity index is 1190. The van der Waals surface area contributed by atoms with Crippen molar-refractivity contribution in [1.82, 2.24) is 29.8 Å². The summed E-state index contributed by atoms with van der Waals surface area (Å²) in [6.07, 6.45) is 4.33. The monoisotopic (exact) mass is 472 g/mol. The summed E-state index contributed by atoms with van der Waals surface area (Å²) in [5.41, 5.74) is -0.652. The summed E-state index contributed by atoms with van der Waals surface area (Å²) in [6.45, 7) is 1.46. The lowest BCUT2D eigenvalue weighted by Crippen LogP contribution is -2.47. The fourth-order valence-corrected chi connectivity index (χ4v) is 4.92. The molecule has 172 valence electrons. The molecule has 0 radical (unpaired) electrons. The van der Waals surface area contributed by atoms with Crippen LogP contribution in [0.2, 0.25) is 0 Å². The van der Waals surface area contributed by atoms with Gasteiger partial charge in [0, 0.05) is 35.0 Å². The second-order valence-electron chi connectivity index (χ2n) is 8.27. The maximum absolute atomic E-state index is 14.6. The van der Waals surface area contributed by atoms with Crippen molar-refractivity contribution in [2.24, 2.45) is 0 Å². The van der Waals surface area contributed by atoms with Gasteiger partial charge in [-0.15, -0.1) is 0 Å². The van der Waals surface area contributed by atoms with E-state index in [9.17, 15) is 13.9 Å². The van der Waals surface area contributed by atoms with E-state index in [1.807, 2.05) is 16.8 Å². The van der Waals surface area contributed by atoms with Crippen molar-refractivity contribution in [2.75, 3.05) is 19.6 Å². The molecule has 5 rings (SSSR count). The minimum Gasteiger partial charge on any atom is -0.382 e. The summed E-state index contributed by atoms with van der Waals surface area (Å²) in [7, 11) is 0. The lowest BCUT2D eigenvalue weighted by molar-refractivity contribution is -0.0271. The van der Waals surface area contributed by atoms with Crippen LogP contribution in [0, 0.1) is 11.6 Å². The Hall–Kier alpha value is -3.02. The van der Waals surface area contributed by atoms with Gasteiger partial charge in [-0.1, -0.05) is 11.2 Å². The molecule has 3 aromatic heterocycles. The maximum atomic E-state index is 14.6. The minimum atomic E-state index is -1.62. The number of likely N-dealkylation sites (tertiary alicyclic amines) is 1. The summed E-state index contributed by atoms with van der Waals surface area (Å²) in [6, 6.07) is 5.18. The number of thiophene rings is 1. The number of hydrogen-bond donors (Lipinski definition) is 1. The molecule has 0 aliphatic carbocycles. The quantitative estimate of drug-likeness (QED) is 0.440. The van der Waals surface area contributed by atoms with Gasteiger partial charge in [0.05, 0.1) is 6.54 Å². The van der Waals surface area contributed by atoms with Crippen LogP contribution in [0.3, 0.4) is 0 Å². The topological polar surface area (TPSA) is 93.1 Å². The number of benzene rings is 1. The van der Waals surface area contributed by atoms with Crippen molar-refractivity contribution in [3.8, 4) is 11.4 Å². The van der Waals surface area contributed by atoms with E-state index in [0.717, 1.165) is 30.5 Å². The SMILES string of the molecule is OC(CN1CCC(c2nc(-c3ccsc3)no2)CC1)(Cn1cncn1)c1ccc(F)cc1F. The zero-order chi connectivity index (χ0) is 22.8. The smallest absolute Gasteiger partial charge is 0.230 e. The van der Waals surface area contributed by atoms with Gasteiger partial charge in [-0.25, -0.2) is 18.4 Å². The number of halogens is 2. The third-order valence-corrected chi connectivity index (χ3v) is 6.65. The molecular formula is C22H22F2N6O2S. The van der Waals surface area contributed by atoms with Crippen LogP contribution in [0.4, 0.5) is 8.78 Å². The molecule has 0 bridgehead atoms. The van der Waals surface area contributed by atoms with Crippen molar-refractivity contribution in [3.05, 3.63) is 70.8 Å². The Labute approximate surface area is 192 Å². The minimum absolute atomic E-state index is 0.0108. The first-order valence-electron chi connectivity index (χ1n) is 10.6. The predicted octanol–water partition coefficient (Wildman–Crippen LogP) is 3.44. The standard InChI is InChI=1S/C22H22F2N6O2S/c23-17-1-2-18(19(24)9-17)22(31,12-30-14-25-13-26-30)11-29-6-3-15(4-7-29)21-27-20(28-32-21)16-5-8-33-10-16/h1-2,5,8-10,13-15,31H,3-4,6-7,11-12H2. The second-order valence-corrected chi connectivity index (χ2v) is 9.05. The van der Waals surface area contributed by atoms with E-state index in [1.54, 1.807) is 11.3 Å². The number of hydrogen-bond acceptors (Lipinski definition) is 8. The molecule has 1 N–H and O–H groups in total. The zero-order valence-corrected chi connectivity index (χ0v) is 18.5. The molecule has 1 atom stereocenters. The molecule has 1 aliphatic heterocycles. The number of β-amino-alcohol motifs (C(OH)–C–C–N with tert-alkyl or cyclic N) is 1. The lowest BCUT2D eigenvalue weighted by atomic mass is 9.90. The molecule has 1 aromatic carbocycles. The highest BCUT2D eigenvalue weighted by molar-refractivity contribution is 7.08. The van der Waals surface area contributed by atoms with Crippen LogP contribution in [0.1, 0.15) is 30.2 Å². The van der Waals surface area contributed by atoms with E-state index in [4.69, 9.17) is 4.52 Å². The normalized spacial score (nSPS) is 17.3. The van der Waals surface area contributed by atoms with Crippen molar-refractivity contribution >= 4 is 11.3 Å². The Morgan fingerprint density at radius 2 is 2.03 bits per heavy atom. The second kappa shape index (κ2) is 9.08. The molecule has 1 saturated heterocycles. The number of nitrogens with zero attached hydrogens (tertiary/aromatic N) is 6. The summed E-state index contributed by atoms with van der Waals surface area (Å²) >= 11 is 1.58. The van der Waals surface area contributed by atoms with Crippen LogP contribution in [-0.2, 0) is 12.1 Å². The van der Waals surface area contributed by atoms with Crippen molar-refractivity contribution in [1.29, 1.82) is 0 Å². The summed E-state index contributed by atoms with van der Waals surface area (Å²) in [5.74, 6) is -0.172. The summed E-state index contributed by atoms with van der Waals surface area (Å²) in [4.78, 5) is 10.5. The zero-order valence-electron chi connectivity index (χ0n) is 17.6.